The van der Waals surface area contributed by atoms with E-state index < -0.39 is 24.5 Å². The van der Waals surface area contributed by atoms with Gasteiger partial charge in [-0.25, -0.2) is 4.39 Å². The normalized spacial score (nSPS) is 13.0. The third kappa shape index (κ3) is 4.87. The lowest BCUT2D eigenvalue weighted by Crippen LogP contribution is -2.20. The van der Waals surface area contributed by atoms with Crippen LogP contribution in [0, 0.1) is 9.39 Å². The minimum Gasteiger partial charge on any atom is -0.377 e. The molecule has 0 aromatic heterocycles. The molecule has 0 saturated heterocycles. The van der Waals surface area contributed by atoms with Crippen LogP contribution in [-0.2, 0) is 0 Å². The van der Waals surface area contributed by atoms with Gasteiger partial charge in [0.05, 0.1) is 12.5 Å². The molecule has 0 aliphatic rings. The second kappa shape index (κ2) is 6.64. The number of halogens is 5. The van der Waals surface area contributed by atoms with E-state index >= 15 is 0 Å². The predicted molar refractivity (Wildman–Crippen MR) is 82.6 cm³/mol. The van der Waals surface area contributed by atoms with Gasteiger partial charge in [0.15, 0.2) is 0 Å². The van der Waals surface area contributed by atoms with Crippen LogP contribution in [0.5, 0.6) is 0 Å². The van der Waals surface area contributed by atoms with Gasteiger partial charge in [0, 0.05) is 9.26 Å². The van der Waals surface area contributed by atoms with E-state index in [1.54, 1.807) is 30.3 Å². The van der Waals surface area contributed by atoms with Crippen LogP contribution in [0.1, 0.15) is 18.0 Å². The molecule has 0 aliphatic carbocycles. The Morgan fingerprint density at radius 1 is 1.05 bits per heavy atom. The highest BCUT2D eigenvalue weighted by Crippen LogP contribution is 2.33. The Bertz CT molecular complexity index is 598. The molecule has 0 heterocycles. The summed E-state index contributed by atoms with van der Waals surface area (Å²) in [4.78, 5) is 0. The summed E-state index contributed by atoms with van der Waals surface area (Å²) in [7, 11) is 0. The molecule has 0 bridgehead atoms. The molecule has 1 N–H and O–H groups in total. The van der Waals surface area contributed by atoms with Crippen molar-refractivity contribution < 1.29 is 17.6 Å². The zero-order chi connectivity index (χ0) is 15.5. The molecule has 2 rings (SSSR count). The molecule has 0 radical (unpaired) electrons. The Morgan fingerprint density at radius 3 is 2.29 bits per heavy atom. The second-order valence-electron chi connectivity index (χ2n) is 4.55. The van der Waals surface area contributed by atoms with E-state index in [9.17, 15) is 17.6 Å². The molecular weight excluding hydrogens is 397 g/mol. The van der Waals surface area contributed by atoms with E-state index in [0.717, 1.165) is 0 Å². The van der Waals surface area contributed by atoms with Crippen molar-refractivity contribution in [2.75, 3.05) is 5.32 Å². The Balaban J connectivity index is 2.28. The van der Waals surface area contributed by atoms with Crippen LogP contribution in [-0.4, -0.2) is 6.18 Å². The SMILES string of the molecule is Fc1ccc(NC(CC(F)(F)F)c2ccccc2)c(I)c1. The van der Waals surface area contributed by atoms with Crippen LogP contribution >= 0.6 is 22.6 Å². The van der Waals surface area contributed by atoms with Crippen LogP contribution in [0.15, 0.2) is 48.5 Å². The average molecular weight is 409 g/mol. The van der Waals surface area contributed by atoms with E-state index in [-0.39, 0.29) is 0 Å². The van der Waals surface area contributed by atoms with E-state index in [1.807, 2.05) is 22.6 Å². The van der Waals surface area contributed by atoms with Gasteiger partial charge in [-0.1, -0.05) is 30.3 Å². The van der Waals surface area contributed by atoms with Gasteiger partial charge in [-0.3, -0.25) is 0 Å². The monoisotopic (exact) mass is 409 g/mol. The largest absolute Gasteiger partial charge is 0.391 e. The Labute approximate surface area is 133 Å². The van der Waals surface area contributed by atoms with Crippen LogP contribution in [0.2, 0.25) is 0 Å². The second-order valence-corrected chi connectivity index (χ2v) is 5.71. The number of alkyl halides is 3. The van der Waals surface area contributed by atoms with Gasteiger partial charge in [-0.15, -0.1) is 0 Å². The summed E-state index contributed by atoms with van der Waals surface area (Å²) in [5.41, 5.74) is 1.02. The molecule has 0 spiro atoms. The minimum atomic E-state index is -4.29. The number of anilines is 1. The summed E-state index contributed by atoms with van der Waals surface area (Å²) in [5.74, 6) is -0.419. The van der Waals surface area contributed by atoms with Gasteiger partial charge in [-0.2, -0.15) is 13.2 Å². The van der Waals surface area contributed by atoms with Crippen molar-refractivity contribution in [2.45, 2.75) is 18.6 Å². The maximum absolute atomic E-state index is 13.1. The molecule has 2 aromatic carbocycles. The summed E-state index contributed by atoms with van der Waals surface area (Å²) >= 11 is 1.89. The quantitative estimate of drug-likeness (QED) is 0.517. The fourth-order valence-electron chi connectivity index (χ4n) is 1.96. The van der Waals surface area contributed by atoms with Gasteiger partial charge in [0.25, 0.3) is 0 Å². The molecule has 0 saturated carbocycles. The van der Waals surface area contributed by atoms with E-state index in [0.29, 0.717) is 14.8 Å². The highest BCUT2D eigenvalue weighted by atomic mass is 127. The maximum Gasteiger partial charge on any atom is 0.391 e. The molecule has 0 aliphatic heterocycles. The van der Waals surface area contributed by atoms with Gasteiger partial charge >= 0.3 is 6.18 Å². The molecule has 1 atom stereocenters. The lowest BCUT2D eigenvalue weighted by Gasteiger charge is -2.22. The minimum absolute atomic E-state index is 0.419. The van der Waals surface area contributed by atoms with Crippen molar-refractivity contribution in [3.63, 3.8) is 0 Å². The number of nitrogens with one attached hydrogen (secondary N) is 1. The van der Waals surface area contributed by atoms with E-state index in [4.69, 9.17) is 0 Å². The third-order valence-corrected chi connectivity index (χ3v) is 3.79. The van der Waals surface area contributed by atoms with Gasteiger partial charge in [0.2, 0.25) is 0 Å². The summed E-state index contributed by atoms with van der Waals surface area (Å²) in [5, 5.41) is 2.85. The molecule has 2 aromatic rings. The first-order chi connectivity index (χ1) is 9.85. The molecule has 0 amide bonds. The number of benzene rings is 2. The molecule has 1 nitrogen and oxygen atoms in total. The first-order valence-corrected chi connectivity index (χ1v) is 7.26. The Morgan fingerprint density at radius 2 is 1.71 bits per heavy atom. The number of rotatable bonds is 4. The van der Waals surface area contributed by atoms with Crippen molar-refractivity contribution in [3.8, 4) is 0 Å². The lowest BCUT2D eigenvalue weighted by atomic mass is 10.0. The molecule has 1 unspecified atom stereocenters. The van der Waals surface area contributed by atoms with Gasteiger partial charge in [0.1, 0.15) is 5.82 Å². The Hall–Kier alpha value is -1.31. The third-order valence-electron chi connectivity index (χ3n) is 2.90. The van der Waals surface area contributed by atoms with Gasteiger partial charge < -0.3 is 5.32 Å². The van der Waals surface area contributed by atoms with Crippen LogP contribution in [0.3, 0.4) is 0 Å². The van der Waals surface area contributed by atoms with Crippen LogP contribution in [0.4, 0.5) is 23.2 Å². The highest BCUT2D eigenvalue weighted by Gasteiger charge is 2.32. The van der Waals surface area contributed by atoms with Crippen molar-refractivity contribution >= 4 is 28.3 Å². The van der Waals surface area contributed by atoms with Crippen LogP contribution < -0.4 is 5.32 Å². The molecular formula is C15H12F4IN. The van der Waals surface area contributed by atoms with E-state index in [1.165, 1.54) is 18.2 Å². The molecule has 21 heavy (non-hydrogen) atoms. The lowest BCUT2D eigenvalue weighted by molar-refractivity contribution is -0.137. The van der Waals surface area contributed by atoms with Gasteiger partial charge in [-0.05, 0) is 46.4 Å². The average Bonchev–Trinajstić information content (AvgIpc) is 2.40. The van der Waals surface area contributed by atoms with Crippen molar-refractivity contribution in [3.05, 3.63) is 63.5 Å². The summed E-state index contributed by atoms with van der Waals surface area (Å²) in [6, 6.07) is 11.4. The fraction of sp³-hybridized carbons (Fsp3) is 0.200. The number of hydrogen-bond donors (Lipinski definition) is 1. The predicted octanol–water partition coefficient (Wildman–Crippen LogP) is 5.54. The first-order valence-electron chi connectivity index (χ1n) is 6.18. The van der Waals surface area contributed by atoms with Crippen molar-refractivity contribution in [1.29, 1.82) is 0 Å². The topological polar surface area (TPSA) is 12.0 Å². The van der Waals surface area contributed by atoms with Crippen molar-refractivity contribution in [1.82, 2.24) is 0 Å². The molecule has 6 heteroatoms. The highest BCUT2D eigenvalue weighted by molar-refractivity contribution is 14.1. The smallest absolute Gasteiger partial charge is 0.377 e. The van der Waals surface area contributed by atoms with E-state index in [2.05, 4.69) is 5.32 Å². The van der Waals surface area contributed by atoms with Crippen LogP contribution in [0.25, 0.3) is 0 Å². The first kappa shape index (κ1) is 16.1. The summed E-state index contributed by atoms with van der Waals surface area (Å²) in [6.07, 6.45) is -5.29. The molecule has 112 valence electrons. The zero-order valence-electron chi connectivity index (χ0n) is 10.8. The fourth-order valence-corrected chi connectivity index (χ4v) is 2.60. The zero-order valence-corrected chi connectivity index (χ0v) is 13.0. The van der Waals surface area contributed by atoms with Crippen molar-refractivity contribution in [2.24, 2.45) is 0 Å². The summed E-state index contributed by atoms with van der Waals surface area (Å²) < 4.78 is 51.9. The maximum atomic E-state index is 13.1. The molecule has 0 fully saturated rings. The number of hydrogen-bond acceptors (Lipinski definition) is 1. The Kier molecular flexibility index (Phi) is 5.08. The summed E-state index contributed by atoms with van der Waals surface area (Å²) in [6.45, 7) is 0. The standard InChI is InChI=1S/C15H12F4IN/c16-11-6-7-13(12(20)8-11)21-14(9-15(17,18)19)10-4-2-1-3-5-10/h1-8,14,21H,9H2.